The van der Waals surface area contributed by atoms with E-state index in [4.69, 9.17) is 5.11 Å². The Hall–Kier alpha value is -1.45. The summed E-state index contributed by atoms with van der Waals surface area (Å²) in [5, 5.41) is 9.16. The Morgan fingerprint density at radius 3 is 1.92 bits per heavy atom. The Morgan fingerprint density at radius 1 is 1.08 bits per heavy atom. The van der Waals surface area contributed by atoms with Crippen molar-refractivity contribution in [2.75, 3.05) is 5.75 Å². The van der Waals surface area contributed by atoms with Crippen molar-refractivity contribution in [2.24, 2.45) is 5.92 Å². The third-order valence-electron chi connectivity index (χ3n) is 3.56. The van der Waals surface area contributed by atoms with Gasteiger partial charge < -0.3 is 5.11 Å². The minimum absolute atomic E-state index is 0.0921. The quantitative estimate of drug-likeness (QED) is 0.466. The molecule has 1 aromatic rings. The molecule has 1 rings (SSSR count). The van der Waals surface area contributed by atoms with Gasteiger partial charge in [-0.15, -0.1) is 11.8 Å². The van der Waals surface area contributed by atoms with Gasteiger partial charge in [0, 0.05) is 16.2 Å². The first-order chi connectivity index (χ1) is 11.7. The summed E-state index contributed by atoms with van der Waals surface area (Å²) in [6.45, 7) is 4.73. The van der Waals surface area contributed by atoms with Gasteiger partial charge in [-0.2, -0.15) is 26.3 Å². The van der Waals surface area contributed by atoms with Crippen molar-refractivity contribution in [1.82, 2.24) is 0 Å². The maximum atomic E-state index is 14.6. The minimum Gasteiger partial charge on any atom is -0.478 e. The number of benzene rings is 1. The molecular formula is C16H17F7O2S. The third-order valence-corrected chi connectivity index (χ3v) is 5.15. The molecule has 0 aromatic heterocycles. The molecule has 0 atom stereocenters. The van der Waals surface area contributed by atoms with Crippen LogP contribution >= 0.6 is 11.8 Å². The van der Waals surface area contributed by atoms with Crippen molar-refractivity contribution < 1.29 is 40.6 Å². The summed E-state index contributed by atoms with van der Waals surface area (Å²) >= 11 is 0.594. The largest absolute Gasteiger partial charge is 0.478 e. The lowest BCUT2D eigenvalue weighted by Gasteiger charge is -2.32. The molecule has 0 saturated heterocycles. The van der Waals surface area contributed by atoms with Gasteiger partial charge in [0.1, 0.15) is 0 Å². The van der Waals surface area contributed by atoms with Crippen LogP contribution in [0.1, 0.15) is 42.3 Å². The Kier molecular flexibility index (Phi) is 6.65. The van der Waals surface area contributed by atoms with Crippen LogP contribution in [0.15, 0.2) is 17.0 Å². The monoisotopic (exact) mass is 406 g/mol. The summed E-state index contributed by atoms with van der Waals surface area (Å²) in [6, 6.07) is 0.855. The van der Waals surface area contributed by atoms with Crippen molar-refractivity contribution in [3.63, 3.8) is 0 Å². The first-order valence-electron chi connectivity index (χ1n) is 7.53. The third kappa shape index (κ3) is 4.10. The van der Waals surface area contributed by atoms with Crippen molar-refractivity contribution in [1.29, 1.82) is 0 Å². The minimum atomic E-state index is -6.26. The van der Waals surface area contributed by atoms with E-state index in [9.17, 15) is 35.5 Å². The zero-order valence-electron chi connectivity index (χ0n) is 14.1. The first-order valence-corrected chi connectivity index (χ1v) is 8.51. The van der Waals surface area contributed by atoms with Gasteiger partial charge in [0.25, 0.3) is 0 Å². The Morgan fingerprint density at radius 2 is 1.58 bits per heavy atom. The van der Waals surface area contributed by atoms with Crippen molar-refractivity contribution >= 4 is 17.7 Å². The number of hydrogen-bond donors (Lipinski definition) is 1. The van der Waals surface area contributed by atoms with Gasteiger partial charge in [-0.25, -0.2) is 9.18 Å². The SMILES string of the molecule is CCc1c(C(=O)O)ccc(C(F)(C(F)(F)F)C(F)(F)F)c1SCC(C)C. The van der Waals surface area contributed by atoms with E-state index >= 15 is 0 Å². The van der Waals surface area contributed by atoms with Crippen molar-refractivity contribution in [3.05, 3.63) is 28.8 Å². The van der Waals surface area contributed by atoms with Crippen LogP contribution in [-0.4, -0.2) is 29.2 Å². The van der Waals surface area contributed by atoms with E-state index in [0.717, 1.165) is 0 Å². The second-order valence-electron chi connectivity index (χ2n) is 5.99. The van der Waals surface area contributed by atoms with E-state index in [0.29, 0.717) is 17.8 Å². The number of alkyl halides is 7. The summed E-state index contributed by atoms with van der Waals surface area (Å²) in [5.41, 5.74) is -7.92. The molecule has 1 aromatic carbocycles. The highest BCUT2D eigenvalue weighted by Crippen LogP contribution is 2.55. The normalized spacial score (nSPS) is 13.3. The molecule has 26 heavy (non-hydrogen) atoms. The van der Waals surface area contributed by atoms with Crippen LogP contribution in [0.2, 0.25) is 0 Å². The fourth-order valence-corrected chi connectivity index (χ4v) is 3.62. The van der Waals surface area contributed by atoms with E-state index in [1.54, 1.807) is 13.8 Å². The number of thioether (sulfide) groups is 1. The highest BCUT2D eigenvalue weighted by Gasteiger charge is 2.74. The highest BCUT2D eigenvalue weighted by molar-refractivity contribution is 7.99. The van der Waals surface area contributed by atoms with Crippen LogP contribution in [0.25, 0.3) is 0 Å². The zero-order valence-corrected chi connectivity index (χ0v) is 14.9. The zero-order chi connectivity index (χ0) is 20.5. The molecule has 0 unspecified atom stereocenters. The van der Waals surface area contributed by atoms with Gasteiger partial charge in [0.2, 0.25) is 0 Å². The molecule has 10 heteroatoms. The summed E-state index contributed by atoms with van der Waals surface area (Å²) in [4.78, 5) is 10.7. The Bertz CT molecular complexity index is 652. The number of carboxylic acids is 1. The van der Waals surface area contributed by atoms with Crippen LogP contribution < -0.4 is 0 Å². The van der Waals surface area contributed by atoms with Gasteiger partial charge >= 0.3 is 24.0 Å². The lowest BCUT2D eigenvalue weighted by molar-refractivity contribution is -0.349. The molecule has 0 amide bonds. The Labute approximate surface area is 149 Å². The average molecular weight is 406 g/mol. The molecule has 0 aliphatic rings. The van der Waals surface area contributed by atoms with E-state index in [1.807, 2.05) is 0 Å². The van der Waals surface area contributed by atoms with Crippen LogP contribution in [0.4, 0.5) is 30.7 Å². The fourth-order valence-electron chi connectivity index (χ4n) is 2.33. The smallest absolute Gasteiger partial charge is 0.435 e. The topological polar surface area (TPSA) is 37.3 Å². The number of carbonyl (C=O) groups is 1. The number of aromatic carboxylic acids is 1. The van der Waals surface area contributed by atoms with Gasteiger partial charge in [0.05, 0.1) is 5.56 Å². The lowest BCUT2D eigenvalue weighted by atomic mass is 9.90. The van der Waals surface area contributed by atoms with Crippen LogP contribution in [0.5, 0.6) is 0 Å². The van der Waals surface area contributed by atoms with E-state index in [-0.39, 0.29) is 29.7 Å². The molecule has 1 N–H and O–H groups in total. The molecule has 0 saturated carbocycles. The van der Waals surface area contributed by atoms with Crippen molar-refractivity contribution in [3.8, 4) is 0 Å². The van der Waals surface area contributed by atoms with Gasteiger partial charge in [0.15, 0.2) is 0 Å². The molecule has 0 fully saturated rings. The lowest BCUT2D eigenvalue weighted by Crippen LogP contribution is -2.50. The van der Waals surface area contributed by atoms with Gasteiger partial charge in [-0.1, -0.05) is 26.8 Å². The first kappa shape index (κ1) is 22.6. The number of rotatable bonds is 6. The number of hydrogen-bond acceptors (Lipinski definition) is 2. The van der Waals surface area contributed by atoms with Crippen LogP contribution in [0.3, 0.4) is 0 Å². The molecule has 0 radical (unpaired) electrons. The van der Waals surface area contributed by atoms with Crippen LogP contribution in [0, 0.1) is 5.92 Å². The second kappa shape index (κ2) is 7.66. The van der Waals surface area contributed by atoms with Gasteiger partial charge in [-0.3, -0.25) is 0 Å². The highest BCUT2D eigenvalue weighted by atomic mass is 32.2. The molecule has 0 aliphatic carbocycles. The fraction of sp³-hybridized carbons (Fsp3) is 0.562. The second-order valence-corrected chi connectivity index (χ2v) is 7.02. The summed E-state index contributed by atoms with van der Waals surface area (Å²) in [7, 11) is 0. The van der Waals surface area contributed by atoms with Crippen molar-refractivity contribution in [2.45, 2.75) is 50.1 Å². The van der Waals surface area contributed by atoms with E-state index in [1.165, 1.54) is 6.92 Å². The molecule has 148 valence electrons. The molecular weight excluding hydrogens is 389 g/mol. The maximum Gasteiger partial charge on any atom is 0.435 e. The molecule has 0 heterocycles. The molecule has 0 spiro atoms. The number of carboxylic acid groups (broad SMARTS) is 1. The predicted octanol–water partition coefficient (Wildman–Crippen LogP) is 5.98. The maximum absolute atomic E-state index is 14.6. The van der Waals surface area contributed by atoms with E-state index in [2.05, 4.69) is 0 Å². The summed E-state index contributed by atoms with van der Waals surface area (Å²) < 4.78 is 93.4. The van der Waals surface area contributed by atoms with Gasteiger partial charge in [-0.05, 0) is 24.0 Å². The molecule has 0 bridgehead atoms. The molecule has 0 aliphatic heterocycles. The average Bonchev–Trinajstić information content (AvgIpc) is 2.48. The van der Waals surface area contributed by atoms with Crippen LogP contribution in [-0.2, 0) is 12.1 Å². The van der Waals surface area contributed by atoms with E-state index < -0.39 is 40.0 Å². The molecule has 2 nitrogen and oxygen atoms in total. The Balaban J connectivity index is 3.86. The predicted molar refractivity (Wildman–Crippen MR) is 83.2 cm³/mol. The number of halogens is 7. The summed E-state index contributed by atoms with van der Waals surface area (Å²) in [6.07, 6.45) is -12.7. The summed E-state index contributed by atoms with van der Waals surface area (Å²) in [5.74, 6) is -1.55. The standard InChI is InChI=1S/C16H17F7O2S/c1-4-9-10(13(24)25)5-6-11(12(9)26-7-8(2)3)14(17,15(18,19)20)16(21,22)23/h5-6,8H,4,7H2,1-3H3,(H,24,25).